The van der Waals surface area contributed by atoms with Gasteiger partial charge >= 0.3 is 0 Å². The molecule has 2 nitrogen and oxygen atoms in total. The molecule has 27 heavy (non-hydrogen) atoms. The molecule has 0 atom stereocenters. The largest absolute Gasteiger partial charge is 0.494 e. The van der Waals surface area contributed by atoms with Crippen molar-refractivity contribution in [1.82, 2.24) is 0 Å². The van der Waals surface area contributed by atoms with Crippen LogP contribution in [0.25, 0.3) is 10.8 Å². The van der Waals surface area contributed by atoms with Crippen molar-refractivity contribution in [3.63, 3.8) is 0 Å². The summed E-state index contributed by atoms with van der Waals surface area (Å²) in [5.41, 5.74) is 1.20. The third-order valence-corrected chi connectivity index (χ3v) is 5.33. The summed E-state index contributed by atoms with van der Waals surface area (Å²) in [6.07, 6.45) is 9.04. The second-order valence-electron chi connectivity index (χ2n) is 6.97. The fourth-order valence-electron chi connectivity index (χ4n) is 3.16. The van der Waals surface area contributed by atoms with E-state index in [0.29, 0.717) is 0 Å². The van der Waals surface area contributed by atoms with Crippen LogP contribution in [0.5, 0.6) is 11.5 Å². The molecule has 2 rings (SSSR count). The number of aryl methyl sites for hydroxylation is 1. The highest BCUT2D eigenvalue weighted by Gasteiger charge is 2.06. The standard InChI is InChI=1S/C23H32Cl2O2/c1-19-22-12-11-21(26-16-8-4-2-6-14-24)18-20(22)10-13-23(19)27-17-9-5-3-7-15-25/h10-13,18H,2-9,14-17H2,1H3. The molecule has 0 aromatic heterocycles. The average Bonchev–Trinajstić information content (AvgIpc) is 2.69. The summed E-state index contributed by atoms with van der Waals surface area (Å²) in [6.45, 7) is 3.65. The minimum atomic E-state index is 0.754. The summed E-state index contributed by atoms with van der Waals surface area (Å²) in [5, 5.41) is 2.42. The van der Waals surface area contributed by atoms with Crippen molar-refractivity contribution in [2.75, 3.05) is 25.0 Å². The molecular formula is C23H32Cl2O2. The van der Waals surface area contributed by atoms with Crippen LogP contribution in [-0.4, -0.2) is 25.0 Å². The molecule has 150 valence electrons. The molecule has 0 aliphatic rings. The molecular weight excluding hydrogens is 379 g/mol. The minimum absolute atomic E-state index is 0.754. The van der Waals surface area contributed by atoms with Gasteiger partial charge in [0.15, 0.2) is 0 Å². The number of unbranched alkanes of at least 4 members (excludes halogenated alkanes) is 6. The molecule has 0 amide bonds. The van der Waals surface area contributed by atoms with Gasteiger partial charge in [0.05, 0.1) is 13.2 Å². The second kappa shape index (κ2) is 13.1. The van der Waals surface area contributed by atoms with Crippen molar-refractivity contribution < 1.29 is 9.47 Å². The zero-order valence-corrected chi connectivity index (χ0v) is 18.0. The Bertz CT molecular complexity index is 673. The number of rotatable bonds is 14. The van der Waals surface area contributed by atoms with E-state index in [9.17, 15) is 0 Å². The maximum Gasteiger partial charge on any atom is 0.122 e. The molecule has 2 aromatic rings. The van der Waals surface area contributed by atoms with Crippen molar-refractivity contribution in [2.24, 2.45) is 0 Å². The van der Waals surface area contributed by atoms with E-state index in [2.05, 4.69) is 37.3 Å². The van der Waals surface area contributed by atoms with Crippen LogP contribution in [0.15, 0.2) is 30.3 Å². The van der Waals surface area contributed by atoms with Gasteiger partial charge in [0, 0.05) is 11.8 Å². The first-order chi connectivity index (χ1) is 13.3. The number of hydrogen-bond donors (Lipinski definition) is 0. The molecule has 0 fully saturated rings. The van der Waals surface area contributed by atoms with E-state index in [1.165, 1.54) is 42.0 Å². The van der Waals surface area contributed by atoms with E-state index in [1.54, 1.807) is 0 Å². The molecule has 0 unspecified atom stereocenters. The quantitative estimate of drug-likeness (QED) is 0.237. The lowest BCUT2D eigenvalue weighted by Gasteiger charge is -2.13. The van der Waals surface area contributed by atoms with Crippen LogP contribution in [0.3, 0.4) is 0 Å². The fourth-order valence-corrected chi connectivity index (χ4v) is 3.54. The smallest absolute Gasteiger partial charge is 0.122 e. The first kappa shape index (κ1) is 22.2. The van der Waals surface area contributed by atoms with Gasteiger partial charge in [0.25, 0.3) is 0 Å². The van der Waals surface area contributed by atoms with Crippen LogP contribution in [0, 0.1) is 6.92 Å². The van der Waals surface area contributed by atoms with E-state index < -0.39 is 0 Å². The highest BCUT2D eigenvalue weighted by molar-refractivity contribution is 6.18. The van der Waals surface area contributed by atoms with Gasteiger partial charge in [0.2, 0.25) is 0 Å². The topological polar surface area (TPSA) is 18.5 Å². The SMILES string of the molecule is Cc1c(OCCCCCCCl)ccc2cc(OCCCCCCCl)ccc12. The Morgan fingerprint density at radius 2 is 1.33 bits per heavy atom. The van der Waals surface area contributed by atoms with Crippen LogP contribution >= 0.6 is 23.2 Å². The predicted octanol–water partition coefficient (Wildman–Crippen LogP) is 7.50. The molecule has 0 radical (unpaired) electrons. The fraction of sp³-hybridized carbons (Fsp3) is 0.565. The van der Waals surface area contributed by atoms with Crippen LogP contribution in [0.4, 0.5) is 0 Å². The van der Waals surface area contributed by atoms with Gasteiger partial charge in [-0.15, -0.1) is 23.2 Å². The molecule has 0 saturated heterocycles. The number of fused-ring (bicyclic) bond motifs is 1. The lowest BCUT2D eigenvalue weighted by Crippen LogP contribution is -2.00. The van der Waals surface area contributed by atoms with E-state index >= 15 is 0 Å². The summed E-state index contributed by atoms with van der Waals surface area (Å²) in [6, 6.07) is 10.5. The highest BCUT2D eigenvalue weighted by atomic mass is 35.5. The Balaban J connectivity index is 1.84. The van der Waals surface area contributed by atoms with Gasteiger partial charge in [-0.3, -0.25) is 0 Å². The summed E-state index contributed by atoms with van der Waals surface area (Å²) in [7, 11) is 0. The van der Waals surface area contributed by atoms with Crippen LogP contribution in [0.2, 0.25) is 0 Å². The molecule has 0 heterocycles. The van der Waals surface area contributed by atoms with Crippen LogP contribution < -0.4 is 9.47 Å². The third-order valence-electron chi connectivity index (χ3n) is 4.79. The molecule has 0 bridgehead atoms. The van der Waals surface area contributed by atoms with Crippen LogP contribution in [-0.2, 0) is 0 Å². The lowest BCUT2D eigenvalue weighted by molar-refractivity contribution is 0.303. The van der Waals surface area contributed by atoms with Gasteiger partial charge in [-0.2, -0.15) is 0 Å². The molecule has 2 aromatic carbocycles. The van der Waals surface area contributed by atoms with Crippen molar-refractivity contribution in [3.8, 4) is 11.5 Å². The Morgan fingerprint density at radius 3 is 2.00 bits per heavy atom. The molecule has 4 heteroatoms. The summed E-state index contributed by atoms with van der Waals surface area (Å²) in [4.78, 5) is 0. The van der Waals surface area contributed by atoms with E-state index in [4.69, 9.17) is 32.7 Å². The highest BCUT2D eigenvalue weighted by Crippen LogP contribution is 2.30. The van der Waals surface area contributed by atoms with E-state index in [1.807, 2.05) is 0 Å². The maximum atomic E-state index is 5.99. The van der Waals surface area contributed by atoms with Gasteiger partial charge in [0.1, 0.15) is 11.5 Å². The summed E-state index contributed by atoms with van der Waals surface area (Å²) in [5.74, 6) is 3.43. The Labute approximate surface area is 174 Å². The zero-order valence-electron chi connectivity index (χ0n) is 16.4. The first-order valence-electron chi connectivity index (χ1n) is 10.2. The molecule has 0 spiro atoms. The number of alkyl halides is 2. The Morgan fingerprint density at radius 1 is 0.704 bits per heavy atom. The van der Waals surface area contributed by atoms with Gasteiger partial charge in [-0.25, -0.2) is 0 Å². The van der Waals surface area contributed by atoms with Crippen molar-refractivity contribution in [2.45, 2.75) is 58.3 Å². The zero-order chi connectivity index (χ0) is 19.3. The summed E-state index contributed by atoms with van der Waals surface area (Å²) < 4.78 is 11.9. The van der Waals surface area contributed by atoms with Crippen LogP contribution in [0.1, 0.15) is 56.9 Å². The third kappa shape index (κ3) is 7.79. The molecule has 0 aliphatic heterocycles. The summed E-state index contributed by atoms with van der Waals surface area (Å²) >= 11 is 11.4. The predicted molar refractivity (Wildman–Crippen MR) is 118 cm³/mol. The van der Waals surface area contributed by atoms with Crippen molar-refractivity contribution >= 4 is 34.0 Å². The molecule has 0 aliphatic carbocycles. The molecule has 0 N–H and O–H groups in total. The lowest BCUT2D eigenvalue weighted by atomic mass is 10.0. The number of ether oxygens (including phenoxy) is 2. The maximum absolute atomic E-state index is 5.99. The number of hydrogen-bond acceptors (Lipinski definition) is 2. The monoisotopic (exact) mass is 410 g/mol. The normalized spacial score (nSPS) is 11.1. The number of benzene rings is 2. The van der Waals surface area contributed by atoms with E-state index in [0.717, 1.165) is 62.2 Å². The van der Waals surface area contributed by atoms with Crippen molar-refractivity contribution in [3.05, 3.63) is 35.9 Å². The Kier molecular flexibility index (Phi) is 10.8. The first-order valence-corrected chi connectivity index (χ1v) is 11.2. The van der Waals surface area contributed by atoms with Gasteiger partial charge in [-0.05, 0) is 67.1 Å². The molecule has 0 saturated carbocycles. The number of halogens is 2. The van der Waals surface area contributed by atoms with Gasteiger partial charge < -0.3 is 9.47 Å². The van der Waals surface area contributed by atoms with Gasteiger partial charge in [-0.1, -0.05) is 37.8 Å². The second-order valence-corrected chi connectivity index (χ2v) is 7.73. The van der Waals surface area contributed by atoms with E-state index in [-0.39, 0.29) is 0 Å². The minimum Gasteiger partial charge on any atom is -0.494 e. The average molecular weight is 411 g/mol. The van der Waals surface area contributed by atoms with Crippen molar-refractivity contribution in [1.29, 1.82) is 0 Å². The Hall–Kier alpha value is -1.12.